The molecular formula is C7HClF12O. The molecule has 0 radical (unpaired) electrons. The van der Waals surface area contributed by atoms with Crippen LogP contribution >= 0.6 is 11.6 Å². The van der Waals surface area contributed by atoms with E-state index in [1.165, 1.54) is 0 Å². The Hall–Kier alpha value is -0.880. The van der Waals surface area contributed by atoms with Crippen LogP contribution in [0.5, 0.6) is 0 Å². The number of halogens is 13. The van der Waals surface area contributed by atoms with Gasteiger partial charge in [0.1, 0.15) is 0 Å². The van der Waals surface area contributed by atoms with Crippen molar-refractivity contribution in [3.63, 3.8) is 0 Å². The molecule has 0 aliphatic rings. The molecule has 14 heteroatoms. The first-order chi connectivity index (χ1) is 8.81. The number of hydrogen-bond donors (Lipinski definition) is 0. The Kier molecular flexibility index (Phi) is 4.61. The molecule has 0 N–H and O–H groups in total. The molecule has 0 aliphatic carbocycles. The molecule has 0 spiro atoms. The summed E-state index contributed by atoms with van der Waals surface area (Å²) in [5.41, 5.74) is 0. The fourth-order valence-corrected chi connectivity index (χ4v) is 0.974. The number of aldehydes is 1. The van der Waals surface area contributed by atoms with Crippen LogP contribution in [0.4, 0.5) is 52.7 Å². The van der Waals surface area contributed by atoms with E-state index in [-0.39, 0.29) is 0 Å². The number of alkyl halides is 13. The summed E-state index contributed by atoms with van der Waals surface area (Å²) in [5, 5.41) is -6.48. The maximum absolute atomic E-state index is 12.7. The first-order valence-electron chi connectivity index (χ1n) is 4.23. The van der Waals surface area contributed by atoms with E-state index in [2.05, 4.69) is 11.6 Å². The Morgan fingerprint density at radius 3 is 1.10 bits per heavy atom. The SMILES string of the molecule is O=CC(F)(F)C(F)(F)C(F)(F)C(F)(F)C(F)(F)C(F)(F)Cl. The van der Waals surface area contributed by atoms with Crippen molar-refractivity contribution in [3.05, 3.63) is 0 Å². The Labute approximate surface area is 111 Å². The van der Waals surface area contributed by atoms with Gasteiger partial charge in [0, 0.05) is 0 Å². The zero-order valence-electron chi connectivity index (χ0n) is 8.90. The predicted molar refractivity (Wildman–Crippen MR) is 41.6 cm³/mol. The van der Waals surface area contributed by atoms with Crippen molar-refractivity contribution in [2.75, 3.05) is 0 Å². The molecule has 0 aromatic rings. The van der Waals surface area contributed by atoms with E-state index in [0.29, 0.717) is 0 Å². The highest BCUT2D eigenvalue weighted by atomic mass is 35.5. The van der Waals surface area contributed by atoms with E-state index in [1.807, 2.05) is 0 Å². The maximum atomic E-state index is 12.7. The molecule has 0 amide bonds. The van der Waals surface area contributed by atoms with Crippen LogP contribution in [-0.2, 0) is 4.79 Å². The van der Waals surface area contributed by atoms with Crippen LogP contribution in [0, 0.1) is 0 Å². The highest BCUT2D eigenvalue weighted by Crippen LogP contribution is 2.60. The summed E-state index contributed by atoms with van der Waals surface area (Å²) in [5.74, 6) is -36.8. The molecular weight excluding hydrogens is 364 g/mol. The van der Waals surface area contributed by atoms with Gasteiger partial charge in [0.25, 0.3) is 0 Å². The quantitative estimate of drug-likeness (QED) is 0.392. The zero-order chi connectivity index (χ0) is 17.7. The molecule has 0 saturated heterocycles. The van der Waals surface area contributed by atoms with Crippen LogP contribution in [0.3, 0.4) is 0 Å². The third-order valence-electron chi connectivity index (χ3n) is 2.11. The standard InChI is InChI=1S/C7HClF12O/c8-7(19,20)6(17,18)5(15,16)4(13,14)3(11,12)2(9,10)1-21/h1H. The molecule has 0 saturated carbocycles. The normalized spacial score (nSPS) is 16.0. The third kappa shape index (κ3) is 2.52. The Bertz CT molecular complexity index is 410. The summed E-state index contributed by atoms with van der Waals surface area (Å²) in [4.78, 5) is 9.52. The number of carbonyl (C=O) groups excluding carboxylic acids is 1. The van der Waals surface area contributed by atoms with Gasteiger partial charge in [-0.1, -0.05) is 0 Å². The van der Waals surface area contributed by atoms with Crippen LogP contribution in [0.1, 0.15) is 0 Å². The fraction of sp³-hybridized carbons (Fsp3) is 0.857. The van der Waals surface area contributed by atoms with E-state index in [0.717, 1.165) is 0 Å². The van der Waals surface area contributed by atoms with E-state index in [4.69, 9.17) is 0 Å². The van der Waals surface area contributed by atoms with Crippen molar-refractivity contribution < 1.29 is 57.5 Å². The Balaban J connectivity index is 6.20. The van der Waals surface area contributed by atoms with Crippen molar-refractivity contribution in [1.82, 2.24) is 0 Å². The molecule has 0 aromatic heterocycles. The molecule has 1 nitrogen and oxygen atoms in total. The largest absolute Gasteiger partial charge is 0.393 e. The Morgan fingerprint density at radius 1 is 0.571 bits per heavy atom. The van der Waals surface area contributed by atoms with Crippen LogP contribution in [-0.4, -0.2) is 41.3 Å². The minimum atomic E-state index is -7.74. The molecule has 0 fully saturated rings. The van der Waals surface area contributed by atoms with E-state index < -0.39 is 41.3 Å². The van der Waals surface area contributed by atoms with E-state index in [9.17, 15) is 57.5 Å². The summed E-state index contributed by atoms with van der Waals surface area (Å²) < 4.78 is 149. The lowest BCUT2D eigenvalue weighted by molar-refractivity contribution is -0.410. The van der Waals surface area contributed by atoms with Crippen LogP contribution < -0.4 is 0 Å². The number of carbonyl (C=O) groups is 1. The smallest absolute Gasteiger partial charge is 0.296 e. The molecule has 0 heterocycles. The number of rotatable bonds is 6. The fourth-order valence-electron chi connectivity index (χ4n) is 0.856. The first-order valence-corrected chi connectivity index (χ1v) is 4.61. The molecule has 0 rings (SSSR count). The van der Waals surface area contributed by atoms with Gasteiger partial charge in [-0.2, -0.15) is 52.7 Å². The van der Waals surface area contributed by atoms with Gasteiger partial charge in [-0.05, 0) is 11.6 Å². The average Bonchev–Trinajstić information content (AvgIpc) is 2.26. The van der Waals surface area contributed by atoms with Crippen molar-refractivity contribution >= 4 is 17.9 Å². The molecule has 21 heavy (non-hydrogen) atoms. The van der Waals surface area contributed by atoms with Gasteiger partial charge >= 0.3 is 35.0 Å². The zero-order valence-corrected chi connectivity index (χ0v) is 9.66. The predicted octanol–water partition coefficient (Wildman–Crippen LogP) is 4.19. The summed E-state index contributed by atoms with van der Waals surface area (Å²) in [6, 6.07) is 0. The summed E-state index contributed by atoms with van der Waals surface area (Å²) in [7, 11) is 0. The average molecular weight is 365 g/mol. The van der Waals surface area contributed by atoms with Crippen molar-refractivity contribution in [3.8, 4) is 0 Å². The van der Waals surface area contributed by atoms with Crippen molar-refractivity contribution in [2.24, 2.45) is 0 Å². The van der Waals surface area contributed by atoms with Gasteiger partial charge < -0.3 is 0 Å². The topological polar surface area (TPSA) is 17.1 Å². The highest BCUT2D eigenvalue weighted by molar-refractivity contribution is 6.22. The van der Waals surface area contributed by atoms with E-state index in [1.54, 1.807) is 0 Å². The minimum absolute atomic E-state index is 2.23. The van der Waals surface area contributed by atoms with Gasteiger partial charge in [0.15, 0.2) is 6.29 Å². The Morgan fingerprint density at radius 2 is 0.857 bits per heavy atom. The molecule has 0 bridgehead atoms. The molecule has 0 atom stereocenters. The van der Waals surface area contributed by atoms with Crippen molar-refractivity contribution in [1.29, 1.82) is 0 Å². The minimum Gasteiger partial charge on any atom is -0.296 e. The third-order valence-corrected chi connectivity index (χ3v) is 2.34. The monoisotopic (exact) mass is 364 g/mol. The lowest BCUT2D eigenvalue weighted by atomic mass is 9.95. The summed E-state index contributed by atoms with van der Waals surface area (Å²) in [6.45, 7) is 0. The van der Waals surface area contributed by atoms with Crippen LogP contribution in [0.25, 0.3) is 0 Å². The van der Waals surface area contributed by atoms with Gasteiger partial charge in [-0.25, -0.2) is 0 Å². The molecule has 126 valence electrons. The van der Waals surface area contributed by atoms with Gasteiger partial charge in [-0.3, -0.25) is 4.79 Å². The summed E-state index contributed by atoms with van der Waals surface area (Å²) >= 11 is 3.42. The van der Waals surface area contributed by atoms with E-state index >= 15 is 0 Å². The molecule has 0 aliphatic heterocycles. The first kappa shape index (κ1) is 20.1. The molecule has 0 unspecified atom stereocenters. The second-order valence-electron chi connectivity index (χ2n) is 3.54. The van der Waals surface area contributed by atoms with Crippen molar-refractivity contribution in [2.45, 2.75) is 35.0 Å². The van der Waals surface area contributed by atoms with Crippen LogP contribution in [0.2, 0.25) is 0 Å². The lowest BCUT2D eigenvalue weighted by Gasteiger charge is -2.38. The summed E-state index contributed by atoms with van der Waals surface area (Å²) in [6.07, 6.45) is -2.23. The maximum Gasteiger partial charge on any atom is 0.393 e. The number of hydrogen-bond acceptors (Lipinski definition) is 1. The van der Waals surface area contributed by atoms with Gasteiger partial charge in [0.05, 0.1) is 0 Å². The highest BCUT2D eigenvalue weighted by Gasteiger charge is 2.90. The van der Waals surface area contributed by atoms with Gasteiger partial charge in [0.2, 0.25) is 0 Å². The lowest BCUT2D eigenvalue weighted by Crippen LogP contribution is -2.70. The second kappa shape index (κ2) is 4.81. The molecule has 0 aromatic carbocycles. The second-order valence-corrected chi connectivity index (χ2v) is 4.01. The van der Waals surface area contributed by atoms with Gasteiger partial charge in [-0.15, -0.1) is 0 Å². The van der Waals surface area contributed by atoms with Crippen LogP contribution in [0.15, 0.2) is 0 Å².